The quantitative estimate of drug-likeness (QED) is 0.732. The first-order valence-electron chi connectivity index (χ1n) is 8.70. The van der Waals surface area contributed by atoms with Crippen molar-refractivity contribution < 1.29 is 13.6 Å². The van der Waals surface area contributed by atoms with E-state index in [0.717, 1.165) is 4.90 Å². The molecule has 1 atom stereocenters. The van der Waals surface area contributed by atoms with E-state index in [1.807, 2.05) is 0 Å². The Bertz CT molecular complexity index is 1120. The van der Waals surface area contributed by atoms with Gasteiger partial charge in [-0.2, -0.15) is 10.2 Å². The van der Waals surface area contributed by atoms with E-state index in [0.29, 0.717) is 11.3 Å². The van der Waals surface area contributed by atoms with E-state index in [9.17, 15) is 9.18 Å². The smallest absolute Gasteiger partial charge is 0.268 e. The van der Waals surface area contributed by atoms with Crippen LogP contribution in [0.25, 0.3) is 11.3 Å². The molecule has 0 bridgehead atoms. The highest BCUT2D eigenvalue weighted by atomic mass is 19.1. The Balaban J connectivity index is 2.00. The maximum atomic E-state index is 15.1. The van der Waals surface area contributed by atoms with E-state index in [1.54, 1.807) is 12.1 Å². The number of aromatic nitrogens is 3. The number of benzene rings is 1. The molecule has 1 unspecified atom stereocenters. The number of amides is 1. The van der Waals surface area contributed by atoms with Gasteiger partial charge in [0, 0.05) is 30.6 Å². The van der Waals surface area contributed by atoms with Gasteiger partial charge in [-0.1, -0.05) is 0 Å². The molecule has 2 N–H and O–H groups in total. The standard InChI is InChI=1S/C20H16F2N6O/c1-28-18(29)20(26-19(28)23,17-9-12(11-21)6-8-24-17)14-10-13(4-5-15(14)22)16-3-2-7-25-27-16/h2-10H,11H2,1H3,(H2,23,26). The maximum Gasteiger partial charge on any atom is 0.268 e. The predicted molar refractivity (Wildman–Crippen MR) is 102 cm³/mol. The Morgan fingerprint density at radius 3 is 2.66 bits per heavy atom. The molecule has 0 saturated carbocycles. The van der Waals surface area contributed by atoms with E-state index < -0.39 is 23.9 Å². The lowest BCUT2D eigenvalue weighted by molar-refractivity contribution is -0.129. The number of rotatable bonds is 4. The average molecular weight is 394 g/mol. The third-order valence-electron chi connectivity index (χ3n) is 4.81. The van der Waals surface area contributed by atoms with Crippen molar-refractivity contribution in [2.75, 3.05) is 7.05 Å². The minimum atomic E-state index is -1.87. The molecule has 1 aliphatic heterocycles. The molecule has 0 spiro atoms. The summed E-state index contributed by atoms with van der Waals surface area (Å²) < 4.78 is 28.3. The van der Waals surface area contributed by atoms with Gasteiger partial charge in [0.25, 0.3) is 5.91 Å². The Kier molecular flexibility index (Phi) is 4.50. The number of hydrogen-bond acceptors (Lipinski definition) is 6. The van der Waals surface area contributed by atoms with E-state index in [-0.39, 0.29) is 22.8 Å². The lowest BCUT2D eigenvalue weighted by Gasteiger charge is -2.26. The van der Waals surface area contributed by atoms with E-state index >= 15 is 4.39 Å². The van der Waals surface area contributed by atoms with Crippen LogP contribution >= 0.6 is 0 Å². The summed E-state index contributed by atoms with van der Waals surface area (Å²) in [7, 11) is 1.44. The van der Waals surface area contributed by atoms with Crippen molar-refractivity contribution >= 4 is 11.9 Å². The van der Waals surface area contributed by atoms with Gasteiger partial charge in [-0.3, -0.25) is 14.7 Å². The van der Waals surface area contributed by atoms with Crippen LogP contribution in [0.1, 0.15) is 16.8 Å². The SMILES string of the molecule is CN1C(=O)C(c2cc(CF)ccn2)(c2cc(-c3cccnn3)ccc2F)N=C1N. The highest BCUT2D eigenvalue weighted by Crippen LogP contribution is 2.41. The number of carbonyl (C=O) groups excluding carboxylic acids is 1. The number of halogens is 2. The summed E-state index contributed by atoms with van der Waals surface area (Å²) in [5.41, 5.74) is 5.37. The van der Waals surface area contributed by atoms with Crippen LogP contribution in [-0.2, 0) is 17.0 Å². The van der Waals surface area contributed by atoms with Crippen LogP contribution in [0.4, 0.5) is 8.78 Å². The van der Waals surface area contributed by atoms with Crippen molar-refractivity contribution in [1.82, 2.24) is 20.1 Å². The van der Waals surface area contributed by atoms with Gasteiger partial charge in [-0.15, -0.1) is 0 Å². The van der Waals surface area contributed by atoms with E-state index in [4.69, 9.17) is 5.73 Å². The summed E-state index contributed by atoms with van der Waals surface area (Å²) in [4.78, 5) is 22.9. The van der Waals surface area contributed by atoms with Crippen LogP contribution < -0.4 is 5.73 Å². The van der Waals surface area contributed by atoms with Gasteiger partial charge in [0.05, 0.1) is 11.4 Å². The third kappa shape index (κ3) is 2.91. The number of nitrogens with zero attached hydrogens (tertiary/aromatic N) is 5. The van der Waals surface area contributed by atoms with Gasteiger partial charge < -0.3 is 5.73 Å². The van der Waals surface area contributed by atoms with Gasteiger partial charge >= 0.3 is 0 Å². The van der Waals surface area contributed by atoms with Crippen LogP contribution in [-0.4, -0.2) is 39.0 Å². The van der Waals surface area contributed by atoms with Crippen LogP contribution in [0.3, 0.4) is 0 Å². The zero-order valence-corrected chi connectivity index (χ0v) is 15.4. The molecule has 1 aliphatic rings. The highest BCUT2D eigenvalue weighted by molar-refractivity contribution is 6.08. The molecule has 0 aliphatic carbocycles. The fourth-order valence-corrected chi connectivity index (χ4v) is 3.29. The summed E-state index contributed by atoms with van der Waals surface area (Å²) in [6, 6.07) is 10.5. The van der Waals surface area contributed by atoms with Crippen molar-refractivity contribution in [2.45, 2.75) is 12.2 Å². The minimum absolute atomic E-state index is 0.0542. The molecular formula is C20H16F2N6O. The molecule has 3 heterocycles. The fraction of sp³-hybridized carbons (Fsp3) is 0.150. The summed E-state index contributed by atoms with van der Waals surface area (Å²) in [6.45, 7) is -0.767. The zero-order valence-electron chi connectivity index (χ0n) is 15.4. The van der Waals surface area contributed by atoms with Gasteiger partial charge in [-0.25, -0.2) is 13.8 Å². The predicted octanol–water partition coefficient (Wildman–Crippen LogP) is 2.18. The summed E-state index contributed by atoms with van der Waals surface area (Å²) in [6.07, 6.45) is 2.87. The van der Waals surface area contributed by atoms with Crippen molar-refractivity contribution in [3.05, 3.63) is 77.5 Å². The molecule has 1 amide bonds. The number of pyridine rings is 1. The number of guanidine groups is 1. The first-order valence-corrected chi connectivity index (χ1v) is 8.70. The molecule has 3 aromatic rings. The van der Waals surface area contributed by atoms with Crippen LogP contribution in [0.2, 0.25) is 0 Å². The average Bonchev–Trinajstić information content (AvgIpc) is 2.99. The largest absolute Gasteiger partial charge is 0.369 e. The van der Waals surface area contributed by atoms with Gasteiger partial charge in [0.1, 0.15) is 12.5 Å². The molecule has 29 heavy (non-hydrogen) atoms. The molecule has 7 nitrogen and oxygen atoms in total. The second-order valence-electron chi connectivity index (χ2n) is 6.53. The molecule has 4 rings (SSSR count). The summed E-state index contributed by atoms with van der Waals surface area (Å²) in [5.74, 6) is -1.36. The molecule has 146 valence electrons. The number of nitrogens with two attached hydrogens (primary N) is 1. The molecule has 1 aromatic carbocycles. The minimum Gasteiger partial charge on any atom is -0.369 e. The highest BCUT2D eigenvalue weighted by Gasteiger charge is 2.52. The van der Waals surface area contributed by atoms with E-state index in [1.165, 1.54) is 49.8 Å². The second-order valence-corrected chi connectivity index (χ2v) is 6.53. The molecule has 0 radical (unpaired) electrons. The van der Waals surface area contributed by atoms with Crippen molar-refractivity contribution in [1.29, 1.82) is 0 Å². The van der Waals surface area contributed by atoms with Crippen LogP contribution in [0, 0.1) is 5.82 Å². The number of hydrogen-bond donors (Lipinski definition) is 1. The lowest BCUT2D eigenvalue weighted by Crippen LogP contribution is -2.42. The summed E-state index contributed by atoms with van der Waals surface area (Å²) in [5, 5.41) is 7.85. The summed E-state index contributed by atoms with van der Waals surface area (Å²) >= 11 is 0. The van der Waals surface area contributed by atoms with Crippen molar-refractivity contribution in [2.24, 2.45) is 10.7 Å². The Morgan fingerprint density at radius 2 is 2.00 bits per heavy atom. The molecule has 0 fully saturated rings. The number of aliphatic imine (C=N–C) groups is 1. The first-order chi connectivity index (χ1) is 14.0. The Hall–Kier alpha value is -3.75. The number of carbonyl (C=O) groups is 1. The molecule has 9 heteroatoms. The number of alkyl halides is 1. The maximum absolute atomic E-state index is 15.1. The topological polar surface area (TPSA) is 97.4 Å². The molecule has 2 aromatic heterocycles. The first kappa shape index (κ1) is 18.6. The van der Waals surface area contributed by atoms with Gasteiger partial charge in [0.15, 0.2) is 5.96 Å². The third-order valence-corrected chi connectivity index (χ3v) is 4.81. The monoisotopic (exact) mass is 394 g/mol. The second kappa shape index (κ2) is 7.01. The van der Waals surface area contributed by atoms with Crippen molar-refractivity contribution in [3.8, 4) is 11.3 Å². The fourth-order valence-electron chi connectivity index (χ4n) is 3.29. The van der Waals surface area contributed by atoms with Gasteiger partial charge in [0.2, 0.25) is 5.54 Å². The van der Waals surface area contributed by atoms with E-state index in [2.05, 4.69) is 20.2 Å². The van der Waals surface area contributed by atoms with Gasteiger partial charge in [-0.05, 0) is 48.0 Å². The Morgan fingerprint density at radius 1 is 1.17 bits per heavy atom. The normalized spacial score (nSPS) is 18.8. The lowest BCUT2D eigenvalue weighted by atomic mass is 9.84. The number of likely N-dealkylation sites (N-methyl/N-ethyl adjacent to an activating group) is 1. The van der Waals surface area contributed by atoms with Crippen molar-refractivity contribution in [3.63, 3.8) is 0 Å². The van der Waals surface area contributed by atoms with Crippen LogP contribution in [0.15, 0.2) is 59.9 Å². The zero-order chi connectivity index (χ0) is 20.6. The van der Waals surface area contributed by atoms with Crippen LogP contribution in [0.5, 0.6) is 0 Å². The Labute approximate surface area is 164 Å². The molecular weight excluding hydrogens is 378 g/mol. The molecule has 0 saturated heterocycles.